The van der Waals surface area contributed by atoms with Crippen LogP contribution in [-0.4, -0.2) is 61.2 Å². The van der Waals surface area contributed by atoms with Crippen molar-refractivity contribution in [2.24, 2.45) is 0 Å². The first-order valence-corrected chi connectivity index (χ1v) is 11.0. The standard InChI is InChI=1S/C20H21FN6O3S/c1-30-18-3-2-16(14-17(18)21)31(28,29)27-12-10-26(11-13-27)20-5-4-19(24-25-20)23-15-6-8-22-9-7-15/h2-9,14H,10-13H2,1H3,(H,22,23,24). The Kier molecular flexibility index (Phi) is 5.96. The highest BCUT2D eigenvalue weighted by Gasteiger charge is 2.29. The van der Waals surface area contributed by atoms with Crippen LogP contribution in [0.2, 0.25) is 0 Å². The lowest BCUT2D eigenvalue weighted by Crippen LogP contribution is -2.49. The van der Waals surface area contributed by atoms with E-state index < -0.39 is 15.8 Å². The van der Waals surface area contributed by atoms with E-state index in [4.69, 9.17) is 4.74 Å². The van der Waals surface area contributed by atoms with Crippen LogP contribution in [0.1, 0.15) is 0 Å². The normalized spacial score (nSPS) is 15.0. The lowest BCUT2D eigenvalue weighted by atomic mass is 10.3. The van der Waals surface area contributed by atoms with Crippen LogP contribution < -0.4 is 15.0 Å². The average Bonchev–Trinajstić information content (AvgIpc) is 2.80. The zero-order valence-corrected chi connectivity index (χ0v) is 17.6. The number of pyridine rings is 1. The van der Waals surface area contributed by atoms with E-state index in [2.05, 4.69) is 20.5 Å². The molecule has 0 unspecified atom stereocenters. The molecule has 2 aromatic heterocycles. The molecular formula is C20H21FN6O3S. The maximum Gasteiger partial charge on any atom is 0.243 e. The van der Waals surface area contributed by atoms with E-state index in [9.17, 15) is 12.8 Å². The molecule has 4 rings (SSSR count). The van der Waals surface area contributed by atoms with Crippen molar-refractivity contribution in [1.82, 2.24) is 19.5 Å². The molecule has 9 nitrogen and oxygen atoms in total. The maximum absolute atomic E-state index is 14.0. The maximum atomic E-state index is 14.0. The monoisotopic (exact) mass is 444 g/mol. The second-order valence-corrected chi connectivity index (χ2v) is 8.76. The Balaban J connectivity index is 1.39. The molecule has 1 N–H and O–H groups in total. The number of halogens is 1. The van der Waals surface area contributed by atoms with Gasteiger partial charge in [0.25, 0.3) is 0 Å². The van der Waals surface area contributed by atoms with Crippen molar-refractivity contribution < 1.29 is 17.5 Å². The fourth-order valence-electron chi connectivity index (χ4n) is 3.26. The first-order chi connectivity index (χ1) is 15.0. The highest BCUT2D eigenvalue weighted by molar-refractivity contribution is 7.89. The van der Waals surface area contributed by atoms with Crippen LogP contribution >= 0.6 is 0 Å². The minimum atomic E-state index is -3.80. The molecule has 162 valence electrons. The fourth-order valence-corrected chi connectivity index (χ4v) is 4.69. The van der Waals surface area contributed by atoms with Gasteiger partial charge in [-0.05, 0) is 42.5 Å². The minimum absolute atomic E-state index is 0.00390. The molecule has 0 radical (unpaired) electrons. The number of nitrogens with zero attached hydrogens (tertiary/aromatic N) is 5. The molecule has 11 heteroatoms. The van der Waals surface area contributed by atoms with Gasteiger partial charge in [-0.15, -0.1) is 10.2 Å². The van der Waals surface area contributed by atoms with Gasteiger partial charge < -0.3 is 15.0 Å². The van der Waals surface area contributed by atoms with Crippen molar-refractivity contribution in [2.75, 3.05) is 43.5 Å². The number of sulfonamides is 1. The van der Waals surface area contributed by atoms with Crippen molar-refractivity contribution in [3.8, 4) is 5.75 Å². The Hall–Kier alpha value is -3.31. The highest BCUT2D eigenvalue weighted by atomic mass is 32.2. The predicted octanol–water partition coefficient (Wildman–Crippen LogP) is 2.27. The lowest BCUT2D eigenvalue weighted by molar-refractivity contribution is 0.379. The predicted molar refractivity (Wildman–Crippen MR) is 113 cm³/mol. The van der Waals surface area contributed by atoms with Gasteiger partial charge in [0.1, 0.15) is 0 Å². The van der Waals surface area contributed by atoms with Gasteiger partial charge in [-0.1, -0.05) is 0 Å². The summed E-state index contributed by atoms with van der Waals surface area (Å²) in [5.74, 6) is 0.549. The van der Waals surface area contributed by atoms with Gasteiger partial charge in [-0.3, -0.25) is 4.98 Å². The summed E-state index contributed by atoms with van der Waals surface area (Å²) in [6.07, 6.45) is 3.36. The fraction of sp³-hybridized carbons (Fsp3) is 0.250. The third kappa shape index (κ3) is 4.57. The molecule has 3 aromatic rings. The zero-order valence-electron chi connectivity index (χ0n) is 16.8. The van der Waals surface area contributed by atoms with E-state index in [1.165, 1.54) is 23.5 Å². The van der Waals surface area contributed by atoms with Crippen LogP contribution in [-0.2, 0) is 10.0 Å². The van der Waals surface area contributed by atoms with Gasteiger partial charge in [0, 0.05) is 44.3 Å². The topological polar surface area (TPSA) is 101 Å². The quantitative estimate of drug-likeness (QED) is 0.618. The molecule has 1 saturated heterocycles. The third-order valence-electron chi connectivity index (χ3n) is 4.93. The van der Waals surface area contributed by atoms with Gasteiger partial charge in [-0.2, -0.15) is 4.31 Å². The second kappa shape index (κ2) is 8.82. The first kappa shape index (κ1) is 20.9. The number of benzene rings is 1. The van der Waals surface area contributed by atoms with Gasteiger partial charge in [0.2, 0.25) is 10.0 Å². The molecule has 3 heterocycles. The summed E-state index contributed by atoms with van der Waals surface area (Å²) < 4.78 is 45.9. The largest absolute Gasteiger partial charge is 0.494 e. The molecule has 0 spiro atoms. The van der Waals surface area contributed by atoms with E-state index in [1.807, 2.05) is 29.2 Å². The van der Waals surface area contributed by atoms with E-state index >= 15 is 0 Å². The summed E-state index contributed by atoms with van der Waals surface area (Å²) in [5.41, 5.74) is 0.853. The second-order valence-electron chi connectivity index (χ2n) is 6.83. The summed E-state index contributed by atoms with van der Waals surface area (Å²) in [4.78, 5) is 5.83. The highest BCUT2D eigenvalue weighted by Crippen LogP contribution is 2.25. The average molecular weight is 444 g/mol. The SMILES string of the molecule is COc1ccc(S(=O)(=O)N2CCN(c3ccc(Nc4ccncc4)nn3)CC2)cc1F. The number of hydrogen-bond acceptors (Lipinski definition) is 8. The lowest BCUT2D eigenvalue weighted by Gasteiger charge is -2.34. The van der Waals surface area contributed by atoms with Crippen LogP contribution in [0.5, 0.6) is 5.75 Å². The van der Waals surface area contributed by atoms with Crippen LogP contribution in [0, 0.1) is 5.82 Å². The van der Waals surface area contributed by atoms with Crippen molar-refractivity contribution in [1.29, 1.82) is 0 Å². The van der Waals surface area contributed by atoms with Crippen LogP contribution in [0.3, 0.4) is 0 Å². The Labute approximate surface area is 179 Å². The van der Waals surface area contributed by atoms with Crippen molar-refractivity contribution in [2.45, 2.75) is 4.90 Å². The molecule has 31 heavy (non-hydrogen) atoms. The summed E-state index contributed by atoms with van der Waals surface area (Å²) in [5, 5.41) is 11.6. The molecule has 1 aliphatic rings. The van der Waals surface area contributed by atoms with E-state index in [0.717, 1.165) is 11.8 Å². The summed E-state index contributed by atoms with van der Waals surface area (Å²) in [6.45, 7) is 1.41. The van der Waals surface area contributed by atoms with Crippen molar-refractivity contribution in [3.63, 3.8) is 0 Å². The number of aromatic nitrogens is 3. The Morgan fingerprint density at radius 2 is 1.74 bits per heavy atom. The first-order valence-electron chi connectivity index (χ1n) is 9.57. The Bertz CT molecular complexity index is 1140. The molecular weight excluding hydrogens is 423 g/mol. The van der Waals surface area contributed by atoms with Gasteiger partial charge >= 0.3 is 0 Å². The van der Waals surface area contributed by atoms with Crippen LogP contribution in [0.4, 0.5) is 21.7 Å². The molecule has 0 bridgehead atoms. The van der Waals surface area contributed by atoms with E-state index in [0.29, 0.717) is 24.7 Å². The van der Waals surface area contributed by atoms with Gasteiger partial charge in [0.05, 0.1) is 12.0 Å². The van der Waals surface area contributed by atoms with Crippen molar-refractivity contribution >= 4 is 27.3 Å². The number of hydrogen-bond donors (Lipinski definition) is 1. The zero-order chi connectivity index (χ0) is 21.8. The molecule has 1 aromatic carbocycles. The Morgan fingerprint density at radius 1 is 1.00 bits per heavy atom. The van der Waals surface area contributed by atoms with E-state index in [1.54, 1.807) is 12.4 Å². The number of anilines is 3. The number of piperazine rings is 1. The van der Waals surface area contributed by atoms with Gasteiger partial charge in [-0.25, -0.2) is 12.8 Å². The summed E-state index contributed by atoms with van der Waals surface area (Å²) >= 11 is 0. The minimum Gasteiger partial charge on any atom is -0.494 e. The number of rotatable bonds is 6. The van der Waals surface area contributed by atoms with Crippen LogP contribution in [0.25, 0.3) is 0 Å². The summed E-state index contributed by atoms with van der Waals surface area (Å²) in [7, 11) is -2.47. The molecule has 1 fully saturated rings. The third-order valence-corrected chi connectivity index (χ3v) is 6.82. The number of nitrogens with one attached hydrogen (secondary N) is 1. The van der Waals surface area contributed by atoms with Crippen LogP contribution in [0.15, 0.2) is 59.8 Å². The molecule has 0 aliphatic carbocycles. The van der Waals surface area contributed by atoms with Crippen molar-refractivity contribution in [3.05, 3.63) is 60.7 Å². The molecule has 0 saturated carbocycles. The smallest absolute Gasteiger partial charge is 0.243 e. The van der Waals surface area contributed by atoms with Gasteiger partial charge in [0.15, 0.2) is 23.2 Å². The molecule has 0 amide bonds. The molecule has 1 aliphatic heterocycles. The number of methoxy groups -OCH3 is 1. The molecule has 0 atom stereocenters. The summed E-state index contributed by atoms with van der Waals surface area (Å²) in [6, 6.07) is 10.9. The Morgan fingerprint density at radius 3 is 2.35 bits per heavy atom. The number of ether oxygens (including phenoxy) is 1. The van der Waals surface area contributed by atoms with E-state index in [-0.39, 0.29) is 23.7 Å².